The summed E-state index contributed by atoms with van der Waals surface area (Å²) in [5.41, 5.74) is 1.13. The number of rotatable bonds is 12. The summed E-state index contributed by atoms with van der Waals surface area (Å²) < 4.78 is 15.1. The highest BCUT2D eigenvalue weighted by atomic mass is 32.1. The summed E-state index contributed by atoms with van der Waals surface area (Å²) >= 11 is 1.09. The van der Waals surface area contributed by atoms with Crippen LogP contribution in [0.4, 0.5) is 10.8 Å². The number of esters is 3. The number of para-hydroxylation sites is 2. The Morgan fingerprint density at radius 1 is 0.892 bits per heavy atom. The topological polar surface area (TPSA) is 146 Å². The van der Waals surface area contributed by atoms with Crippen LogP contribution in [0.15, 0.2) is 36.4 Å². The Labute approximate surface area is 217 Å². The second-order valence-electron chi connectivity index (χ2n) is 7.54. The molecular weight excluding hydrogens is 500 g/mol. The van der Waals surface area contributed by atoms with Gasteiger partial charge >= 0.3 is 17.9 Å². The number of nitrogens with zero attached hydrogens (tertiary/aromatic N) is 2. The third-order valence-corrected chi connectivity index (χ3v) is 5.93. The third-order valence-electron chi connectivity index (χ3n) is 4.93. The highest BCUT2D eigenvalue weighted by Crippen LogP contribution is 2.28. The molecule has 0 saturated carbocycles. The first-order valence-corrected chi connectivity index (χ1v) is 12.6. The molecule has 0 aliphatic heterocycles. The molecule has 1 atom stereocenters. The first kappa shape index (κ1) is 27.5. The second kappa shape index (κ2) is 13.3. The van der Waals surface area contributed by atoms with Crippen molar-refractivity contribution >= 4 is 57.0 Å². The molecule has 0 fully saturated rings. The van der Waals surface area contributed by atoms with E-state index in [1.54, 1.807) is 57.2 Å². The van der Waals surface area contributed by atoms with Crippen LogP contribution in [-0.4, -0.2) is 59.6 Å². The lowest BCUT2D eigenvalue weighted by Crippen LogP contribution is -2.42. The van der Waals surface area contributed by atoms with E-state index in [0.29, 0.717) is 20.9 Å². The molecule has 1 amide bonds. The summed E-state index contributed by atoms with van der Waals surface area (Å²) in [5, 5.41) is 6.18. The van der Waals surface area contributed by atoms with Gasteiger partial charge in [0.15, 0.2) is 11.5 Å². The first-order chi connectivity index (χ1) is 17.9. The van der Waals surface area contributed by atoms with E-state index >= 15 is 0 Å². The van der Waals surface area contributed by atoms with Crippen molar-refractivity contribution in [2.45, 2.75) is 39.7 Å². The van der Waals surface area contributed by atoms with Crippen LogP contribution in [0.5, 0.6) is 0 Å². The van der Waals surface area contributed by atoms with Crippen LogP contribution in [0.25, 0.3) is 11.0 Å². The Morgan fingerprint density at radius 3 is 2.24 bits per heavy atom. The molecule has 0 saturated heterocycles. The number of anilines is 2. The molecule has 2 heterocycles. The predicted octanol–water partition coefficient (Wildman–Crippen LogP) is 3.62. The SMILES string of the molecule is CCOC(=O)CC[C@H](NC(=O)c1ccc(Nc2nc3ccccc3nc2C(=O)OCC)s1)C(=O)OCC. The molecule has 0 aliphatic carbocycles. The number of benzene rings is 1. The van der Waals surface area contributed by atoms with Crippen LogP contribution in [0, 0.1) is 0 Å². The van der Waals surface area contributed by atoms with Gasteiger partial charge in [-0.05, 0) is 51.5 Å². The second-order valence-corrected chi connectivity index (χ2v) is 8.62. The summed E-state index contributed by atoms with van der Waals surface area (Å²) in [6, 6.07) is 9.29. The van der Waals surface area contributed by atoms with E-state index < -0.39 is 29.9 Å². The van der Waals surface area contributed by atoms with E-state index in [2.05, 4.69) is 20.6 Å². The molecule has 0 bridgehead atoms. The molecule has 2 N–H and O–H groups in total. The maximum atomic E-state index is 12.9. The zero-order valence-electron chi connectivity index (χ0n) is 20.7. The van der Waals surface area contributed by atoms with Gasteiger partial charge in [0.25, 0.3) is 5.91 Å². The Balaban J connectivity index is 1.77. The van der Waals surface area contributed by atoms with Crippen LogP contribution in [0.3, 0.4) is 0 Å². The number of amides is 1. The third kappa shape index (κ3) is 7.46. The smallest absolute Gasteiger partial charge is 0.360 e. The fourth-order valence-electron chi connectivity index (χ4n) is 3.29. The summed E-state index contributed by atoms with van der Waals surface area (Å²) in [6.45, 7) is 5.56. The highest BCUT2D eigenvalue weighted by Gasteiger charge is 2.25. The number of carbonyl (C=O) groups is 4. The minimum Gasteiger partial charge on any atom is -0.466 e. The lowest BCUT2D eigenvalue weighted by atomic mass is 10.1. The molecule has 2 aromatic heterocycles. The Morgan fingerprint density at radius 2 is 1.57 bits per heavy atom. The molecule has 0 unspecified atom stereocenters. The van der Waals surface area contributed by atoms with E-state index in [9.17, 15) is 19.2 Å². The first-order valence-electron chi connectivity index (χ1n) is 11.8. The van der Waals surface area contributed by atoms with Crippen molar-refractivity contribution in [3.63, 3.8) is 0 Å². The van der Waals surface area contributed by atoms with Crippen molar-refractivity contribution in [1.82, 2.24) is 15.3 Å². The Hall–Kier alpha value is -4.06. The molecule has 11 nitrogen and oxygen atoms in total. The number of hydrogen-bond acceptors (Lipinski definition) is 11. The summed E-state index contributed by atoms with van der Waals surface area (Å²) in [4.78, 5) is 58.6. The number of hydrogen-bond donors (Lipinski definition) is 2. The average Bonchev–Trinajstić information content (AvgIpc) is 3.35. The normalized spacial score (nSPS) is 11.4. The summed E-state index contributed by atoms with van der Waals surface area (Å²) in [6.07, 6.45) is -0.0123. The van der Waals surface area contributed by atoms with Gasteiger partial charge in [0, 0.05) is 6.42 Å². The van der Waals surface area contributed by atoms with Crippen LogP contribution in [0.2, 0.25) is 0 Å². The van der Waals surface area contributed by atoms with E-state index in [0.717, 1.165) is 11.3 Å². The summed E-state index contributed by atoms with van der Waals surface area (Å²) in [7, 11) is 0. The highest BCUT2D eigenvalue weighted by molar-refractivity contribution is 7.18. The monoisotopic (exact) mass is 528 g/mol. The van der Waals surface area contributed by atoms with Crippen LogP contribution >= 0.6 is 11.3 Å². The quantitative estimate of drug-likeness (QED) is 0.264. The van der Waals surface area contributed by atoms with Gasteiger partial charge in [-0.3, -0.25) is 9.59 Å². The van der Waals surface area contributed by atoms with E-state index in [1.165, 1.54) is 0 Å². The van der Waals surface area contributed by atoms with Crippen molar-refractivity contribution in [2.75, 3.05) is 25.1 Å². The Bertz CT molecular complexity index is 1280. The predicted molar refractivity (Wildman–Crippen MR) is 137 cm³/mol. The number of carbonyl (C=O) groups excluding carboxylic acids is 4. The summed E-state index contributed by atoms with van der Waals surface area (Å²) in [5.74, 6) is -2.07. The van der Waals surface area contributed by atoms with E-state index in [1.807, 2.05) is 0 Å². The zero-order chi connectivity index (χ0) is 26.8. The maximum absolute atomic E-state index is 12.9. The van der Waals surface area contributed by atoms with Gasteiger partial charge in [-0.25, -0.2) is 19.6 Å². The fraction of sp³-hybridized carbons (Fsp3) is 0.360. The molecule has 196 valence electrons. The van der Waals surface area contributed by atoms with E-state index in [-0.39, 0.29) is 44.2 Å². The number of nitrogens with one attached hydrogen (secondary N) is 2. The Kier molecular flexibility index (Phi) is 9.90. The van der Waals surface area contributed by atoms with Gasteiger partial charge in [-0.1, -0.05) is 12.1 Å². The largest absolute Gasteiger partial charge is 0.466 e. The van der Waals surface area contributed by atoms with Gasteiger partial charge in [-0.2, -0.15) is 0 Å². The van der Waals surface area contributed by atoms with Crippen LogP contribution in [0.1, 0.15) is 53.8 Å². The van der Waals surface area contributed by atoms with Crippen molar-refractivity contribution < 1.29 is 33.4 Å². The lowest BCUT2D eigenvalue weighted by molar-refractivity contribution is -0.146. The molecule has 0 aliphatic rings. The molecule has 37 heavy (non-hydrogen) atoms. The van der Waals surface area contributed by atoms with Gasteiger partial charge < -0.3 is 24.8 Å². The number of thiophene rings is 1. The van der Waals surface area contributed by atoms with Gasteiger partial charge in [-0.15, -0.1) is 11.3 Å². The molecule has 0 radical (unpaired) electrons. The zero-order valence-corrected chi connectivity index (χ0v) is 21.6. The lowest BCUT2D eigenvalue weighted by Gasteiger charge is -2.16. The molecule has 3 rings (SSSR count). The van der Waals surface area contributed by atoms with Crippen molar-refractivity contribution in [3.8, 4) is 0 Å². The van der Waals surface area contributed by atoms with Crippen molar-refractivity contribution in [1.29, 1.82) is 0 Å². The number of ether oxygens (including phenoxy) is 3. The minimum atomic E-state index is -1.02. The molecule has 0 spiro atoms. The average molecular weight is 529 g/mol. The molecule has 1 aromatic carbocycles. The van der Waals surface area contributed by atoms with Gasteiger partial charge in [0.05, 0.1) is 40.7 Å². The van der Waals surface area contributed by atoms with Crippen molar-refractivity contribution in [3.05, 3.63) is 47.0 Å². The standard InChI is InChI=1S/C25H28N4O7S/c1-4-34-20(30)14-11-17(24(32)35-5-2)28-23(31)18-12-13-19(37-18)29-22-21(25(33)36-6-3)26-15-9-7-8-10-16(15)27-22/h7-10,12-13,17H,4-6,11,14H2,1-3H3,(H,27,29)(H,28,31)/t17-/m0/s1. The van der Waals surface area contributed by atoms with Crippen LogP contribution < -0.4 is 10.6 Å². The molecular formula is C25H28N4O7S. The molecule has 12 heteroatoms. The van der Waals surface area contributed by atoms with Crippen molar-refractivity contribution in [2.24, 2.45) is 0 Å². The fourth-order valence-corrected chi connectivity index (χ4v) is 4.10. The van der Waals surface area contributed by atoms with Gasteiger partial charge in [0.1, 0.15) is 6.04 Å². The number of fused-ring (bicyclic) bond motifs is 1. The van der Waals surface area contributed by atoms with Crippen LogP contribution in [-0.2, 0) is 23.8 Å². The minimum absolute atomic E-state index is 0.0151. The maximum Gasteiger partial charge on any atom is 0.360 e. The number of aromatic nitrogens is 2. The van der Waals surface area contributed by atoms with E-state index in [4.69, 9.17) is 14.2 Å². The molecule has 3 aromatic rings. The van der Waals surface area contributed by atoms with Gasteiger partial charge in [0.2, 0.25) is 0 Å².